The molecular weight excluding hydrogens is 236 g/mol. The Morgan fingerprint density at radius 3 is 2.37 bits per heavy atom. The zero-order valence-electron chi connectivity index (χ0n) is 14.0. The van der Waals surface area contributed by atoms with Gasteiger partial charge < -0.3 is 10.1 Å². The topological polar surface area (TPSA) is 24.5 Å². The lowest BCUT2D eigenvalue weighted by Gasteiger charge is -2.51. The average molecular weight is 270 g/mol. The van der Waals surface area contributed by atoms with Crippen LogP contribution < -0.4 is 5.32 Å². The second kappa shape index (κ2) is 7.05. The van der Waals surface area contributed by atoms with Crippen LogP contribution in [0, 0.1) is 11.8 Å². The van der Waals surface area contributed by atoms with Gasteiger partial charge in [0, 0.05) is 37.8 Å². The Labute approximate surface area is 120 Å². The van der Waals surface area contributed by atoms with E-state index in [2.05, 4.69) is 51.8 Å². The molecule has 3 heteroatoms. The first kappa shape index (κ1) is 16.9. The predicted octanol–water partition coefficient (Wildman–Crippen LogP) is 2.76. The van der Waals surface area contributed by atoms with Crippen LogP contribution in [0.1, 0.15) is 48.0 Å². The Morgan fingerprint density at radius 1 is 1.32 bits per heavy atom. The van der Waals surface area contributed by atoms with Crippen LogP contribution in [0.2, 0.25) is 0 Å². The summed E-state index contributed by atoms with van der Waals surface area (Å²) in [7, 11) is 1.82. The number of hydrogen-bond donors (Lipinski definition) is 1. The molecule has 0 saturated carbocycles. The van der Waals surface area contributed by atoms with Crippen molar-refractivity contribution in [1.82, 2.24) is 10.2 Å². The molecule has 0 aromatic heterocycles. The van der Waals surface area contributed by atoms with Crippen molar-refractivity contribution in [1.29, 1.82) is 0 Å². The minimum Gasteiger partial charge on any atom is -0.383 e. The highest BCUT2D eigenvalue weighted by molar-refractivity contribution is 4.98. The summed E-state index contributed by atoms with van der Waals surface area (Å²) in [6, 6.07) is 1.13. The van der Waals surface area contributed by atoms with E-state index in [9.17, 15) is 0 Å². The molecule has 3 atom stereocenters. The molecule has 114 valence electrons. The summed E-state index contributed by atoms with van der Waals surface area (Å²) < 4.78 is 5.49. The van der Waals surface area contributed by atoms with Gasteiger partial charge in [-0.1, -0.05) is 34.6 Å². The predicted molar refractivity (Wildman–Crippen MR) is 82.5 cm³/mol. The third kappa shape index (κ3) is 4.17. The van der Waals surface area contributed by atoms with Crippen LogP contribution in [0.5, 0.6) is 0 Å². The zero-order chi connectivity index (χ0) is 14.6. The van der Waals surface area contributed by atoms with Crippen LogP contribution in [0.4, 0.5) is 0 Å². The minimum absolute atomic E-state index is 0.242. The van der Waals surface area contributed by atoms with Crippen LogP contribution in [0.15, 0.2) is 0 Å². The summed E-state index contributed by atoms with van der Waals surface area (Å²) in [6.45, 7) is 17.0. The van der Waals surface area contributed by atoms with Crippen LogP contribution in [-0.2, 0) is 4.74 Å². The van der Waals surface area contributed by atoms with Gasteiger partial charge in [0.25, 0.3) is 0 Å². The van der Waals surface area contributed by atoms with Gasteiger partial charge in [0.1, 0.15) is 0 Å². The fourth-order valence-electron chi connectivity index (χ4n) is 3.10. The summed E-state index contributed by atoms with van der Waals surface area (Å²) in [5.74, 6) is 1.30. The molecule has 3 nitrogen and oxygen atoms in total. The van der Waals surface area contributed by atoms with Crippen molar-refractivity contribution in [2.75, 3.05) is 26.8 Å². The molecule has 1 fully saturated rings. The number of ether oxygens (including phenoxy) is 1. The molecule has 0 amide bonds. The SMILES string of the molecule is CCC1(C)CN(C(COC)C(C)C)C(C(C)C)CN1. The molecule has 1 rings (SSSR count). The monoisotopic (exact) mass is 270 g/mol. The average Bonchev–Trinajstić information content (AvgIpc) is 2.35. The number of nitrogens with one attached hydrogen (secondary N) is 1. The van der Waals surface area contributed by atoms with E-state index < -0.39 is 0 Å². The van der Waals surface area contributed by atoms with Gasteiger partial charge in [-0.05, 0) is 25.2 Å². The number of hydrogen-bond acceptors (Lipinski definition) is 3. The first-order valence-corrected chi connectivity index (χ1v) is 7.84. The standard InChI is InChI=1S/C16H34N2O/c1-8-16(6)11-18(14(9-17-16)12(2)3)15(10-19-7)13(4)5/h12-15,17H,8-11H2,1-7H3. The molecule has 1 N–H and O–H groups in total. The number of piperazine rings is 1. The van der Waals surface area contributed by atoms with E-state index in [1.165, 1.54) is 6.42 Å². The number of rotatable bonds is 6. The van der Waals surface area contributed by atoms with Crippen LogP contribution in [-0.4, -0.2) is 49.3 Å². The Hall–Kier alpha value is -0.120. The van der Waals surface area contributed by atoms with E-state index >= 15 is 0 Å². The highest BCUT2D eigenvalue weighted by atomic mass is 16.5. The van der Waals surface area contributed by atoms with Gasteiger partial charge in [-0.3, -0.25) is 4.90 Å². The van der Waals surface area contributed by atoms with Gasteiger partial charge in [0.15, 0.2) is 0 Å². The number of nitrogens with zero attached hydrogens (tertiary/aromatic N) is 1. The van der Waals surface area contributed by atoms with Gasteiger partial charge in [0.2, 0.25) is 0 Å². The summed E-state index contributed by atoms with van der Waals surface area (Å²) in [5.41, 5.74) is 0.242. The van der Waals surface area contributed by atoms with Crippen molar-refractivity contribution < 1.29 is 4.74 Å². The number of methoxy groups -OCH3 is 1. The van der Waals surface area contributed by atoms with E-state index in [-0.39, 0.29) is 5.54 Å². The van der Waals surface area contributed by atoms with Crippen molar-refractivity contribution >= 4 is 0 Å². The van der Waals surface area contributed by atoms with Crippen molar-refractivity contribution in [3.63, 3.8) is 0 Å². The molecule has 1 heterocycles. The van der Waals surface area contributed by atoms with Gasteiger partial charge in [0.05, 0.1) is 6.61 Å². The maximum Gasteiger partial charge on any atom is 0.0620 e. The van der Waals surface area contributed by atoms with Crippen molar-refractivity contribution in [2.45, 2.75) is 65.6 Å². The first-order chi connectivity index (χ1) is 8.84. The summed E-state index contributed by atoms with van der Waals surface area (Å²) in [5, 5.41) is 3.76. The Morgan fingerprint density at radius 2 is 1.95 bits per heavy atom. The molecule has 3 unspecified atom stereocenters. The second-order valence-corrected chi connectivity index (χ2v) is 7.05. The Balaban J connectivity index is 2.92. The smallest absolute Gasteiger partial charge is 0.0620 e. The molecule has 0 bridgehead atoms. The lowest BCUT2D eigenvalue weighted by molar-refractivity contribution is -0.0213. The maximum absolute atomic E-state index is 5.49. The van der Waals surface area contributed by atoms with Gasteiger partial charge >= 0.3 is 0 Å². The molecule has 1 saturated heterocycles. The normalized spacial score (nSPS) is 31.1. The molecule has 1 aliphatic heterocycles. The van der Waals surface area contributed by atoms with Crippen LogP contribution in [0.25, 0.3) is 0 Å². The highest BCUT2D eigenvalue weighted by Crippen LogP contribution is 2.27. The van der Waals surface area contributed by atoms with E-state index in [1.807, 2.05) is 7.11 Å². The molecular formula is C16H34N2O. The molecule has 1 aliphatic rings. The van der Waals surface area contributed by atoms with Gasteiger partial charge in [-0.15, -0.1) is 0 Å². The fourth-order valence-corrected chi connectivity index (χ4v) is 3.10. The van der Waals surface area contributed by atoms with Gasteiger partial charge in [-0.25, -0.2) is 0 Å². The van der Waals surface area contributed by atoms with E-state index in [4.69, 9.17) is 4.74 Å². The third-order valence-electron chi connectivity index (χ3n) is 4.78. The zero-order valence-corrected chi connectivity index (χ0v) is 14.0. The lowest BCUT2D eigenvalue weighted by atomic mass is 9.87. The summed E-state index contributed by atoms with van der Waals surface area (Å²) in [6.07, 6.45) is 1.17. The fraction of sp³-hybridized carbons (Fsp3) is 1.00. The molecule has 0 aromatic carbocycles. The molecule has 0 aromatic rings. The van der Waals surface area contributed by atoms with Crippen molar-refractivity contribution in [3.05, 3.63) is 0 Å². The Bertz CT molecular complexity index is 267. The first-order valence-electron chi connectivity index (χ1n) is 7.84. The molecule has 0 aliphatic carbocycles. The van der Waals surface area contributed by atoms with Crippen molar-refractivity contribution in [2.24, 2.45) is 11.8 Å². The molecule has 19 heavy (non-hydrogen) atoms. The Kier molecular flexibility index (Phi) is 6.28. The van der Waals surface area contributed by atoms with Crippen molar-refractivity contribution in [3.8, 4) is 0 Å². The largest absolute Gasteiger partial charge is 0.383 e. The van der Waals surface area contributed by atoms with Gasteiger partial charge in [-0.2, -0.15) is 0 Å². The highest BCUT2D eigenvalue weighted by Gasteiger charge is 2.39. The maximum atomic E-state index is 5.49. The minimum atomic E-state index is 0.242. The summed E-state index contributed by atoms with van der Waals surface area (Å²) >= 11 is 0. The summed E-state index contributed by atoms with van der Waals surface area (Å²) in [4.78, 5) is 2.71. The van der Waals surface area contributed by atoms with E-state index in [0.29, 0.717) is 23.9 Å². The quantitative estimate of drug-likeness (QED) is 0.803. The van der Waals surface area contributed by atoms with Crippen LogP contribution in [0.3, 0.4) is 0 Å². The van der Waals surface area contributed by atoms with E-state index in [1.54, 1.807) is 0 Å². The molecule has 0 radical (unpaired) electrons. The third-order valence-corrected chi connectivity index (χ3v) is 4.78. The lowest BCUT2D eigenvalue weighted by Crippen LogP contribution is -2.67. The molecule has 0 spiro atoms. The van der Waals surface area contributed by atoms with Crippen LogP contribution >= 0.6 is 0 Å². The van der Waals surface area contributed by atoms with E-state index in [0.717, 1.165) is 19.7 Å². The second-order valence-electron chi connectivity index (χ2n) is 7.05.